The Morgan fingerprint density at radius 1 is 0.339 bits per heavy atom. The van der Waals surface area contributed by atoms with Crippen LogP contribution in [0.25, 0.3) is 0 Å². The van der Waals surface area contributed by atoms with E-state index in [-0.39, 0.29) is 34.6 Å². The van der Waals surface area contributed by atoms with Crippen LogP contribution < -0.4 is 0 Å². The molecular weight excluding hydrogens is 1760 g/mol. The smallest absolute Gasteiger partial charge is 0.430 e. The molecule has 0 heterocycles. The van der Waals surface area contributed by atoms with Gasteiger partial charge in [-0.3, -0.25) is 0 Å². The van der Waals surface area contributed by atoms with Crippen molar-refractivity contribution in [3.63, 3.8) is 0 Å². The molecule has 0 aromatic rings. The number of carbonyl (C=O) groups is 6. The Hall–Kier alpha value is -7.33. The van der Waals surface area contributed by atoms with Crippen LogP contribution in [-0.4, -0.2) is 212 Å². The molecular formula is C69H93F33O19. The summed E-state index contributed by atoms with van der Waals surface area (Å²) >= 11 is 0. The number of halogens is 33. The molecule has 0 fully saturated rings. The Morgan fingerprint density at radius 2 is 0.628 bits per heavy atom. The first-order valence-electron chi connectivity index (χ1n) is 33.3. The maximum absolute atomic E-state index is 13.7. The number of methoxy groups -OCH3 is 1. The second kappa shape index (κ2) is 44.0. The van der Waals surface area contributed by atoms with Crippen molar-refractivity contribution in [2.24, 2.45) is 23.7 Å². The fourth-order valence-electron chi connectivity index (χ4n) is 8.39. The van der Waals surface area contributed by atoms with Crippen molar-refractivity contribution in [2.45, 2.75) is 288 Å². The van der Waals surface area contributed by atoms with Crippen LogP contribution in [0.15, 0.2) is 72.9 Å². The number of carbonyl (C=O) groups excluding carboxylic acids is 6. The number of hydrogen-bond acceptors (Lipinski definition) is 19. The van der Waals surface area contributed by atoms with Gasteiger partial charge >= 0.3 is 109 Å². The van der Waals surface area contributed by atoms with Gasteiger partial charge in [-0.05, 0) is 107 Å². The van der Waals surface area contributed by atoms with Crippen molar-refractivity contribution in [1.29, 1.82) is 0 Å². The molecule has 0 radical (unpaired) electrons. The lowest BCUT2D eigenvalue weighted by Crippen LogP contribution is -2.72. The van der Waals surface area contributed by atoms with Crippen LogP contribution in [0.4, 0.5) is 145 Å². The molecule has 0 aliphatic carbocycles. The van der Waals surface area contributed by atoms with E-state index in [9.17, 15) is 189 Å². The van der Waals surface area contributed by atoms with Gasteiger partial charge in [0.25, 0.3) is 22.4 Å². The zero-order valence-corrected chi connectivity index (χ0v) is 67.6. The van der Waals surface area contributed by atoms with Gasteiger partial charge in [0.1, 0.15) is 18.8 Å². The summed E-state index contributed by atoms with van der Waals surface area (Å²) in [7, 11) is 0.912. The van der Waals surface area contributed by atoms with E-state index in [1.807, 2.05) is 0 Å². The molecule has 0 aliphatic heterocycles. The van der Waals surface area contributed by atoms with Gasteiger partial charge in [-0.1, -0.05) is 94.9 Å². The minimum absolute atomic E-state index is 0.0342. The summed E-state index contributed by atoms with van der Waals surface area (Å²) in [6.07, 6.45) is -74.9. The van der Waals surface area contributed by atoms with Crippen LogP contribution in [0, 0.1) is 23.7 Å². The molecule has 0 saturated carbocycles. The van der Waals surface area contributed by atoms with Gasteiger partial charge in [-0.25, -0.2) is 28.8 Å². The van der Waals surface area contributed by atoms with Crippen molar-refractivity contribution in [3.05, 3.63) is 72.9 Å². The number of ether oxygens (including phenoxy) is 8. The zero-order valence-electron chi connectivity index (χ0n) is 67.6. The highest BCUT2D eigenvalue weighted by molar-refractivity contribution is 5.89. The lowest BCUT2D eigenvalue weighted by Gasteiger charge is -2.48. The van der Waals surface area contributed by atoms with Crippen molar-refractivity contribution in [1.82, 2.24) is 0 Å². The molecule has 0 bridgehead atoms. The topological polar surface area (TPSA) is 277 Å². The summed E-state index contributed by atoms with van der Waals surface area (Å²) in [4.78, 5) is 67.2. The van der Waals surface area contributed by atoms with E-state index in [0.29, 0.717) is 34.6 Å². The number of rotatable bonds is 28. The van der Waals surface area contributed by atoms with Crippen LogP contribution in [0.5, 0.6) is 0 Å². The van der Waals surface area contributed by atoms with E-state index in [4.69, 9.17) is 14.9 Å². The van der Waals surface area contributed by atoms with Gasteiger partial charge in [-0.2, -0.15) is 145 Å². The van der Waals surface area contributed by atoms with Gasteiger partial charge < -0.3 is 63.4 Å². The number of alkyl halides is 33. The second-order valence-electron chi connectivity index (χ2n) is 29.0. The van der Waals surface area contributed by atoms with E-state index in [2.05, 4.69) is 72.6 Å². The van der Waals surface area contributed by atoms with Crippen molar-refractivity contribution >= 4 is 35.8 Å². The largest absolute Gasteiger partial charge is 0.459 e. The standard InChI is InChI=1S/C15H22F6O4.C13H21F3O3.C12H16F6O3.C11H14F6O3.C10H12F6O3.C8H8F6O3/c1-8(2)10(22)24-12(5,6)13(14(16,17)18,15(19,20)21)25-11(23-7)9(3)4;1-8(2)6-10(19-11(17)9(3)4)7-12(5,18)13(14,15)16;1-6(2)5-8(21-9(19)7(3)4)10(20,11(13,14)15)12(16,17)18;1-5(2)7(20-8(18)6(3)4)9(19,10(12,13)14)11(15,16)17;1-5(2)6(17)19-7(3,4)8(18,9(11,12)13)10(14,15)16;1-4(2)5(15)17-3-6(16,7(9,10)11)8(12,13)14/h9,11H,1H2,2-7H3;8,10,18H,3,6-7H2,1-2,4-5H3;6,8,20H,3,5H2,1-2,4H3;5,7,19H,3H2,1-2,4H3;18H,1H2,2-4H3;16H,1,3H2,2H3. The maximum atomic E-state index is 13.7. The second-order valence-corrected chi connectivity index (χ2v) is 29.0. The van der Waals surface area contributed by atoms with Gasteiger partial charge in [0.2, 0.25) is 0 Å². The van der Waals surface area contributed by atoms with Gasteiger partial charge in [0, 0.05) is 52.9 Å². The highest BCUT2D eigenvalue weighted by atomic mass is 19.5. The van der Waals surface area contributed by atoms with Crippen molar-refractivity contribution in [3.8, 4) is 0 Å². The normalized spacial score (nSPS) is 15.0. The van der Waals surface area contributed by atoms with Crippen LogP contribution >= 0.6 is 0 Å². The Labute approximate surface area is 670 Å². The van der Waals surface area contributed by atoms with Crippen LogP contribution in [0.3, 0.4) is 0 Å². The highest BCUT2D eigenvalue weighted by Gasteiger charge is 2.83. The van der Waals surface area contributed by atoms with E-state index < -0.39 is 222 Å². The quantitative estimate of drug-likeness (QED) is 0.0160. The average Bonchev–Trinajstić information content (AvgIpc) is 0.720. The summed E-state index contributed by atoms with van der Waals surface area (Å²) in [5.41, 5.74) is -36.5. The summed E-state index contributed by atoms with van der Waals surface area (Å²) in [6, 6.07) is 0. The number of esters is 6. The SMILES string of the molecule is C=C(C)C(=O)OC(C(C)C)C(O)(C(F)(F)F)C(F)(F)F.C=C(C)C(=O)OC(C)(C)C(O)(C(F)(F)F)C(F)(F)F.C=C(C)C(=O)OC(C)(C)C(OC(OC)C(C)C)(C(F)(F)F)C(F)(F)F.C=C(C)C(=O)OC(CC(C)C)C(O)(C(F)(F)F)C(F)(F)F.C=C(C)C(=O)OC(CC(C)C)CC(C)(O)C(F)(F)F.C=C(C)C(=O)OCC(O)(C(F)(F)F)C(F)(F)F. The first-order valence-corrected chi connectivity index (χ1v) is 33.3. The Morgan fingerprint density at radius 3 is 0.860 bits per heavy atom. The third-order valence-electron chi connectivity index (χ3n) is 15.2. The molecule has 121 heavy (non-hydrogen) atoms. The van der Waals surface area contributed by atoms with E-state index in [0.717, 1.165) is 55.6 Å². The van der Waals surface area contributed by atoms with E-state index in [1.165, 1.54) is 34.6 Å². The molecule has 5 N–H and O–H groups in total. The minimum atomic E-state index is -6.08. The highest BCUT2D eigenvalue weighted by Crippen LogP contribution is 2.56. The molecule has 714 valence electrons. The Kier molecular flexibility index (Phi) is 45.3. The Bertz CT molecular complexity index is 3380. The predicted octanol–water partition coefficient (Wildman–Crippen LogP) is 18.7. The fraction of sp³-hybridized carbons (Fsp3) is 0.739. The lowest BCUT2D eigenvalue weighted by atomic mass is 9.83. The summed E-state index contributed by atoms with van der Waals surface area (Å²) in [5.74, 6) is -10.9. The molecule has 0 saturated heterocycles. The molecule has 0 rings (SSSR count). The van der Waals surface area contributed by atoms with Crippen molar-refractivity contribution in [2.75, 3.05) is 13.7 Å². The van der Waals surface area contributed by atoms with Crippen molar-refractivity contribution < 1.29 is 237 Å². The first-order chi connectivity index (χ1) is 52.5. The average molecular weight is 1850 g/mol. The Balaban J connectivity index is -0.000000329. The number of hydrogen-bond donors (Lipinski definition) is 5. The summed E-state index contributed by atoms with van der Waals surface area (Å²) in [5, 5.41) is 45.5. The number of aliphatic hydroxyl groups is 5. The zero-order chi connectivity index (χ0) is 99.5. The third kappa shape index (κ3) is 33.9. The van der Waals surface area contributed by atoms with Gasteiger partial charge in [-0.15, -0.1) is 0 Å². The maximum Gasteiger partial charge on any atom is 0.430 e. The molecule has 0 spiro atoms. The lowest BCUT2D eigenvalue weighted by molar-refractivity contribution is -0.445. The first kappa shape index (κ1) is 124. The molecule has 0 aromatic carbocycles. The molecule has 52 heteroatoms. The monoisotopic (exact) mass is 1850 g/mol. The van der Waals surface area contributed by atoms with Crippen LogP contribution in [-0.2, 0) is 66.7 Å². The van der Waals surface area contributed by atoms with E-state index >= 15 is 0 Å². The summed E-state index contributed by atoms with van der Waals surface area (Å²) < 4.78 is 455. The van der Waals surface area contributed by atoms with Crippen LogP contribution in [0.1, 0.15) is 151 Å². The van der Waals surface area contributed by atoms with Crippen LogP contribution in [0.2, 0.25) is 0 Å². The van der Waals surface area contributed by atoms with Gasteiger partial charge in [0.15, 0.2) is 29.2 Å². The fourth-order valence-corrected chi connectivity index (χ4v) is 8.39. The molecule has 5 unspecified atom stereocenters. The third-order valence-corrected chi connectivity index (χ3v) is 15.2. The van der Waals surface area contributed by atoms with Gasteiger partial charge in [0.05, 0.1) is 0 Å². The molecule has 19 nitrogen and oxygen atoms in total. The minimum Gasteiger partial charge on any atom is -0.459 e. The van der Waals surface area contributed by atoms with E-state index in [1.54, 1.807) is 13.8 Å². The molecule has 0 aliphatic rings. The summed E-state index contributed by atoms with van der Waals surface area (Å²) in [6.45, 7) is 36.1. The molecule has 0 amide bonds. The molecule has 5 atom stereocenters. The molecule has 0 aromatic heterocycles. The predicted molar refractivity (Wildman–Crippen MR) is 355 cm³/mol.